The first-order chi connectivity index (χ1) is 10.1. The second-order valence-corrected chi connectivity index (χ2v) is 5.60. The Morgan fingerprint density at radius 3 is 2.95 bits per heavy atom. The van der Waals surface area contributed by atoms with Crippen molar-refractivity contribution in [3.8, 4) is 0 Å². The maximum atomic E-state index is 12.1. The van der Waals surface area contributed by atoms with E-state index in [4.69, 9.17) is 0 Å². The maximum Gasteiger partial charge on any atom is 0.263 e. The number of nitrogens with one attached hydrogen (secondary N) is 2. The molecule has 0 atom stereocenters. The van der Waals surface area contributed by atoms with Crippen molar-refractivity contribution in [2.24, 2.45) is 5.41 Å². The lowest BCUT2D eigenvalue weighted by atomic mass is 10.1. The van der Waals surface area contributed by atoms with Gasteiger partial charge in [-0.1, -0.05) is 0 Å². The predicted molar refractivity (Wildman–Crippen MR) is 75.8 cm³/mol. The van der Waals surface area contributed by atoms with Crippen molar-refractivity contribution < 1.29 is 4.79 Å². The molecule has 2 heterocycles. The highest BCUT2D eigenvalue weighted by molar-refractivity contribution is 5.93. The molecule has 1 fully saturated rings. The van der Waals surface area contributed by atoms with Crippen LogP contribution in [0, 0.1) is 12.3 Å². The number of nitrogens with zero attached hydrogens (tertiary/aromatic N) is 3. The average Bonchev–Trinajstić information content (AvgIpc) is 3.01. The van der Waals surface area contributed by atoms with Crippen LogP contribution in [0.1, 0.15) is 29.0 Å². The van der Waals surface area contributed by atoms with Crippen molar-refractivity contribution >= 4 is 5.91 Å². The van der Waals surface area contributed by atoms with Gasteiger partial charge in [-0.25, -0.2) is 4.98 Å². The number of H-pyrrole nitrogens is 1. The zero-order chi connectivity index (χ0) is 14.9. The minimum Gasteiger partial charge on any atom is -0.351 e. The number of hydrogen-bond acceptors (Lipinski definition) is 4. The minimum atomic E-state index is -0.406. The monoisotopic (exact) mass is 287 g/mol. The van der Waals surface area contributed by atoms with E-state index in [-0.39, 0.29) is 16.9 Å². The Morgan fingerprint density at radius 1 is 1.52 bits per heavy atom. The van der Waals surface area contributed by atoms with E-state index in [1.54, 1.807) is 13.1 Å². The predicted octanol–water partition coefficient (Wildman–Crippen LogP) is 0.485. The molecular weight excluding hydrogens is 270 g/mol. The molecule has 2 aromatic rings. The number of aryl methyl sites for hydroxylation is 1. The molecule has 0 saturated heterocycles. The van der Waals surface area contributed by atoms with E-state index in [2.05, 4.69) is 20.4 Å². The lowest BCUT2D eigenvalue weighted by molar-refractivity contribution is 0.0940. The molecule has 7 nitrogen and oxygen atoms in total. The number of amides is 1. The second kappa shape index (κ2) is 5.16. The number of aromatic nitrogens is 4. The van der Waals surface area contributed by atoms with Crippen molar-refractivity contribution in [2.75, 3.05) is 6.54 Å². The molecule has 0 radical (unpaired) electrons. The first-order valence-electron chi connectivity index (χ1n) is 6.90. The Balaban J connectivity index is 1.62. The van der Waals surface area contributed by atoms with E-state index in [9.17, 15) is 9.59 Å². The lowest BCUT2D eigenvalue weighted by Crippen LogP contribution is -2.35. The van der Waals surface area contributed by atoms with Crippen LogP contribution in [0.3, 0.4) is 0 Å². The van der Waals surface area contributed by atoms with Gasteiger partial charge in [-0.3, -0.25) is 14.3 Å². The Bertz CT molecular complexity index is 700. The fourth-order valence-corrected chi connectivity index (χ4v) is 2.31. The normalized spacial score (nSPS) is 15.7. The molecule has 2 aromatic heterocycles. The molecule has 21 heavy (non-hydrogen) atoms. The van der Waals surface area contributed by atoms with Gasteiger partial charge in [0.25, 0.3) is 11.5 Å². The Morgan fingerprint density at radius 2 is 2.33 bits per heavy atom. The van der Waals surface area contributed by atoms with Crippen LogP contribution in [0.15, 0.2) is 29.5 Å². The van der Waals surface area contributed by atoms with Gasteiger partial charge in [-0.05, 0) is 25.8 Å². The average molecular weight is 287 g/mol. The zero-order valence-corrected chi connectivity index (χ0v) is 11.8. The molecular formula is C14H17N5O2. The van der Waals surface area contributed by atoms with Crippen LogP contribution in [-0.4, -0.2) is 32.2 Å². The Kier molecular flexibility index (Phi) is 3.32. The molecule has 1 aliphatic carbocycles. The summed E-state index contributed by atoms with van der Waals surface area (Å²) in [7, 11) is 0. The van der Waals surface area contributed by atoms with E-state index in [0.29, 0.717) is 12.4 Å². The lowest BCUT2D eigenvalue weighted by Gasteiger charge is -2.15. The molecule has 0 aliphatic heterocycles. The Labute approximate surface area is 121 Å². The molecule has 3 rings (SSSR count). The van der Waals surface area contributed by atoms with Gasteiger partial charge in [-0.15, -0.1) is 0 Å². The molecule has 2 N–H and O–H groups in total. The SMILES string of the molecule is Cc1ncc(C(=O)NCC2(Cn3cccn3)CC2)c(=O)[nH]1. The van der Waals surface area contributed by atoms with Gasteiger partial charge in [-0.2, -0.15) is 5.10 Å². The van der Waals surface area contributed by atoms with Crippen molar-refractivity contribution in [2.45, 2.75) is 26.3 Å². The highest BCUT2D eigenvalue weighted by Crippen LogP contribution is 2.46. The van der Waals surface area contributed by atoms with Crippen LogP contribution in [0.25, 0.3) is 0 Å². The van der Waals surface area contributed by atoms with Crippen molar-refractivity contribution in [1.82, 2.24) is 25.1 Å². The summed E-state index contributed by atoms with van der Waals surface area (Å²) in [5, 5.41) is 7.02. The summed E-state index contributed by atoms with van der Waals surface area (Å²) < 4.78 is 1.87. The molecule has 0 unspecified atom stereocenters. The van der Waals surface area contributed by atoms with Gasteiger partial charge in [0.2, 0.25) is 0 Å². The molecule has 0 spiro atoms. The molecule has 1 amide bonds. The number of carbonyl (C=O) groups is 1. The van der Waals surface area contributed by atoms with Crippen LogP contribution < -0.4 is 10.9 Å². The molecule has 1 aliphatic rings. The van der Waals surface area contributed by atoms with Gasteiger partial charge >= 0.3 is 0 Å². The van der Waals surface area contributed by atoms with Gasteiger partial charge < -0.3 is 10.3 Å². The maximum absolute atomic E-state index is 12.1. The summed E-state index contributed by atoms with van der Waals surface area (Å²) >= 11 is 0. The number of aromatic amines is 1. The van der Waals surface area contributed by atoms with Gasteiger partial charge in [0, 0.05) is 37.1 Å². The van der Waals surface area contributed by atoms with Crippen LogP contribution in [-0.2, 0) is 6.54 Å². The summed E-state index contributed by atoms with van der Waals surface area (Å²) in [6, 6.07) is 1.88. The van der Waals surface area contributed by atoms with Crippen LogP contribution >= 0.6 is 0 Å². The first kappa shape index (κ1) is 13.5. The quantitative estimate of drug-likeness (QED) is 0.836. The van der Waals surface area contributed by atoms with E-state index >= 15 is 0 Å². The van der Waals surface area contributed by atoms with Gasteiger partial charge in [0.05, 0.1) is 0 Å². The van der Waals surface area contributed by atoms with E-state index < -0.39 is 5.56 Å². The summed E-state index contributed by atoms with van der Waals surface area (Å²) in [6.07, 6.45) is 7.07. The molecule has 7 heteroatoms. The van der Waals surface area contributed by atoms with Crippen molar-refractivity contribution in [3.63, 3.8) is 0 Å². The smallest absolute Gasteiger partial charge is 0.263 e. The van der Waals surface area contributed by atoms with E-state index in [0.717, 1.165) is 19.4 Å². The molecule has 0 aromatic carbocycles. The third-order valence-electron chi connectivity index (χ3n) is 3.81. The zero-order valence-electron chi connectivity index (χ0n) is 11.8. The highest BCUT2D eigenvalue weighted by Gasteiger charge is 2.43. The molecule has 0 bridgehead atoms. The van der Waals surface area contributed by atoms with Crippen LogP contribution in [0.2, 0.25) is 0 Å². The van der Waals surface area contributed by atoms with Crippen molar-refractivity contribution in [1.29, 1.82) is 0 Å². The number of hydrogen-bond donors (Lipinski definition) is 2. The minimum absolute atomic E-state index is 0.0514. The standard InChI is InChI=1S/C14H17N5O2/c1-10-15-7-11(13(21)18-10)12(20)16-8-14(3-4-14)9-19-6-2-5-17-19/h2,5-7H,3-4,8-9H2,1H3,(H,16,20)(H,15,18,21). The number of rotatable bonds is 5. The van der Waals surface area contributed by atoms with Gasteiger partial charge in [0.1, 0.15) is 11.4 Å². The number of carbonyl (C=O) groups excluding carboxylic acids is 1. The summed E-state index contributed by atoms with van der Waals surface area (Å²) in [6.45, 7) is 2.99. The summed E-state index contributed by atoms with van der Waals surface area (Å²) in [5.74, 6) is 0.115. The largest absolute Gasteiger partial charge is 0.351 e. The topological polar surface area (TPSA) is 92.7 Å². The third kappa shape index (κ3) is 3.01. The molecule has 1 saturated carbocycles. The third-order valence-corrected chi connectivity index (χ3v) is 3.81. The second-order valence-electron chi connectivity index (χ2n) is 5.60. The fourth-order valence-electron chi connectivity index (χ4n) is 2.31. The summed E-state index contributed by atoms with van der Waals surface area (Å²) in [4.78, 5) is 30.2. The molecule has 110 valence electrons. The van der Waals surface area contributed by atoms with Crippen molar-refractivity contribution in [3.05, 3.63) is 46.4 Å². The summed E-state index contributed by atoms with van der Waals surface area (Å²) in [5.41, 5.74) is -0.292. The van der Waals surface area contributed by atoms with E-state index in [1.165, 1.54) is 6.20 Å². The fraction of sp³-hybridized carbons (Fsp3) is 0.429. The highest BCUT2D eigenvalue weighted by atomic mass is 16.2. The van der Waals surface area contributed by atoms with E-state index in [1.807, 2.05) is 16.9 Å². The van der Waals surface area contributed by atoms with Crippen LogP contribution in [0.5, 0.6) is 0 Å². The van der Waals surface area contributed by atoms with Crippen LogP contribution in [0.4, 0.5) is 0 Å². The van der Waals surface area contributed by atoms with Gasteiger partial charge in [0.15, 0.2) is 0 Å². The first-order valence-corrected chi connectivity index (χ1v) is 6.90. The Hall–Kier alpha value is -2.44.